The highest BCUT2D eigenvalue weighted by Gasteiger charge is 2.22. The number of carbonyl (C=O) groups is 3. The number of imide groups is 1. The zero-order chi connectivity index (χ0) is 17.9. The number of nitrogens with zero attached hydrogens (tertiary/aromatic N) is 2. The van der Waals surface area contributed by atoms with Gasteiger partial charge in [-0.1, -0.05) is 28.0 Å². The average Bonchev–Trinajstić information content (AvgIpc) is 2.94. The first-order valence-corrected chi connectivity index (χ1v) is 10.5. The molecule has 6 nitrogen and oxygen atoms in total. The second kappa shape index (κ2) is 10.9. The molecule has 134 valence electrons. The molecule has 0 unspecified atom stereocenters. The van der Waals surface area contributed by atoms with E-state index in [-0.39, 0.29) is 17.7 Å². The Morgan fingerprint density at radius 3 is 2.52 bits per heavy atom. The molecule has 1 aliphatic rings. The van der Waals surface area contributed by atoms with Crippen molar-refractivity contribution in [2.45, 2.75) is 30.6 Å². The molecule has 3 amide bonds. The highest BCUT2D eigenvalue weighted by molar-refractivity contribution is 8.76. The van der Waals surface area contributed by atoms with Crippen LogP contribution < -0.4 is 5.32 Å². The molecule has 0 radical (unpaired) electrons. The van der Waals surface area contributed by atoms with Crippen LogP contribution in [0.2, 0.25) is 0 Å². The van der Waals surface area contributed by atoms with E-state index in [0.29, 0.717) is 19.5 Å². The summed E-state index contributed by atoms with van der Waals surface area (Å²) in [5.74, 6) is 0.393. The fraction of sp³-hybridized carbons (Fsp3) is 0.412. The van der Waals surface area contributed by atoms with Crippen LogP contribution in [0.25, 0.3) is 0 Å². The van der Waals surface area contributed by atoms with E-state index < -0.39 is 0 Å². The van der Waals surface area contributed by atoms with Gasteiger partial charge in [0.05, 0.1) is 0 Å². The summed E-state index contributed by atoms with van der Waals surface area (Å²) in [4.78, 5) is 40.8. The molecule has 1 aromatic rings. The zero-order valence-corrected chi connectivity index (χ0v) is 15.5. The first kappa shape index (κ1) is 19.5. The van der Waals surface area contributed by atoms with Gasteiger partial charge in [-0.05, 0) is 25.0 Å². The standard InChI is InChI=1S/C17H21N3O3S2/c21-15(19-11-13-24-25-14-7-9-18-10-8-14)4-2-1-3-12-20-16(22)5-6-17(20)23/h5-10H,1-4,11-13H2,(H,19,21). The maximum absolute atomic E-state index is 11.7. The van der Waals surface area contributed by atoms with Gasteiger partial charge in [-0.3, -0.25) is 24.3 Å². The number of unbranched alkanes of at least 4 members (excludes halogenated alkanes) is 2. The lowest BCUT2D eigenvalue weighted by molar-refractivity contribution is -0.136. The van der Waals surface area contributed by atoms with Crippen molar-refractivity contribution < 1.29 is 14.4 Å². The second-order valence-electron chi connectivity index (χ2n) is 5.41. The Labute approximate surface area is 155 Å². The van der Waals surface area contributed by atoms with E-state index in [1.165, 1.54) is 17.1 Å². The number of carbonyl (C=O) groups excluding carboxylic acids is 3. The van der Waals surface area contributed by atoms with E-state index in [4.69, 9.17) is 0 Å². The number of hydrogen-bond acceptors (Lipinski definition) is 6. The van der Waals surface area contributed by atoms with Crippen LogP contribution in [-0.2, 0) is 14.4 Å². The molecule has 2 heterocycles. The molecule has 25 heavy (non-hydrogen) atoms. The lowest BCUT2D eigenvalue weighted by Gasteiger charge is -2.13. The van der Waals surface area contributed by atoms with Crippen LogP contribution in [0.5, 0.6) is 0 Å². The second-order valence-corrected chi connectivity index (χ2v) is 7.90. The van der Waals surface area contributed by atoms with Crippen LogP contribution >= 0.6 is 21.6 Å². The highest BCUT2D eigenvalue weighted by Crippen LogP contribution is 2.29. The molecule has 1 aromatic heterocycles. The Morgan fingerprint density at radius 2 is 1.80 bits per heavy atom. The Bertz CT molecular complexity index is 605. The summed E-state index contributed by atoms with van der Waals surface area (Å²) in [7, 11) is 3.36. The largest absolute Gasteiger partial charge is 0.355 e. The summed E-state index contributed by atoms with van der Waals surface area (Å²) in [5, 5.41) is 2.90. The Morgan fingerprint density at radius 1 is 1.08 bits per heavy atom. The molecule has 8 heteroatoms. The van der Waals surface area contributed by atoms with Gasteiger partial charge in [0.25, 0.3) is 11.8 Å². The predicted octanol–water partition coefficient (Wildman–Crippen LogP) is 2.42. The van der Waals surface area contributed by atoms with Crippen LogP contribution in [0.15, 0.2) is 41.6 Å². The molecule has 0 aliphatic carbocycles. The molecule has 0 atom stereocenters. The van der Waals surface area contributed by atoms with Gasteiger partial charge in [-0.15, -0.1) is 0 Å². The van der Waals surface area contributed by atoms with Gasteiger partial charge >= 0.3 is 0 Å². The molecule has 2 rings (SSSR count). The summed E-state index contributed by atoms with van der Waals surface area (Å²) in [5.41, 5.74) is 0. The SMILES string of the molecule is O=C(CCCCCN1C(=O)C=CC1=O)NCCSSc1ccncc1. The third kappa shape index (κ3) is 7.31. The van der Waals surface area contributed by atoms with Gasteiger partial charge in [-0.2, -0.15) is 0 Å². The highest BCUT2D eigenvalue weighted by atomic mass is 33.1. The Kier molecular flexibility index (Phi) is 8.54. The van der Waals surface area contributed by atoms with Gasteiger partial charge in [0.2, 0.25) is 5.91 Å². The molecule has 0 saturated heterocycles. The van der Waals surface area contributed by atoms with Gasteiger partial charge in [0, 0.05) is 54.7 Å². The van der Waals surface area contributed by atoms with Gasteiger partial charge in [0.15, 0.2) is 0 Å². The molecule has 0 spiro atoms. The minimum Gasteiger partial charge on any atom is -0.355 e. The average molecular weight is 380 g/mol. The van der Waals surface area contributed by atoms with E-state index in [1.54, 1.807) is 34.0 Å². The van der Waals surface area contributed by atoms with Crippen molar-refractivity contribution in [3.8, 4) is 0 Å². The van der Waals surface area contributed by atoms with E-state index in [0.717, 1.165) is 29.9 Å². The fourth-order valence-electron chi connectivity index (χ4n) is 2.21. The van der Waals surface area contributed by atoms with Crippen molar-refractivity contribution in [1.29, 1.82) is 0 Å². The van der Waals surface area contributed by atoms with Gasteiger partial charge < -0.3 is 5.32 Å². The quantitative estimate of drug-likeness (QED) is 0.361. The molecule has 1 N–H and O–H groups in total. The van der Waals surface area contributed by atoms with Crippen LogP contribution in [0, 0.1) is 0 Å². The minimum absolute atomic E-state index is 0.0458. The van der Waals surface area contributed by atoms with E-state index in [9.17, 15) is 14.4 Å². The number of nitrogens with one attached hydrogen (secondary N) is 1. The summed E-state index contributed by atoms with van der Waals surface area (Å²) < 4.78 is 0. The van der Waals surface area contributed by atoms with E-state index in [2.05, 4.69) is 10.3 Å². The van der Waals surface area contributed by atoms with Crippen molar-refractivity contribution in [2.24, 2.45) is 0 Å². The zero-order valence-electron chi connectivity index (χ0n) is 13.8. The summed E-state index contributed by atoms with van der Waals surface area (Å²) in [6, 6.07) is 3.91. The molecule has 0 bridgehead atoms. The van der Waals surface area contributed by atoms with Crippen molar-refractivity contribution in [2.75, 3.05) is 18.8 Å². The van der Waals surface area contributed by atoms with Crippen LogP contribution in [0.3, 0.4) is 0 Å². The normalized spacial score (nSPS) is 13.5. The first-order valence-electron chi connectivity index (χ1n) is 8.16. The predicted molar refractivity (Wildman–Crippen MR) is 99.9 cm³/mol. The molecular formula is C17H21N3O3S2. The third-order valence-corrected chi connectivity index (χ3v) is 5.88. The van der Waals surface area contributed by atoms with Gasteiger partial charge in [0.1, 0.15) is 0 Å². The number of aromatic nitrogens is 1. The third-order valence-electron chi connectivity index (χ3n) is 3.50. The minimum atomic E-state index is -0.245. The lowest BCUT2D eigenvalue weighted by atomic mass is 10.2. The van der Waals surface area contributed by atoms with Crippen LogP contribution in [0.4, 0.5) is 0 Å². The summed E-state index contributed by atoms with van der Waals surface area (Å²) in [6.45, 7) is 1.07. The number of amides is 3. The van der Waals surface area contributed by atoms with Crippen LogP contribution in [-0.4, -0.2) is 46.4 Å². The maximum atomic E-state index is 11.7. The molecule has 1 aliphatic heterocycles. The van der Waals surface area contributed by atoms with Crippen molar-refractivity contribution in [3.63, 3.8) is 0 Å². The number of rotatable bonds is 11. The Hall–Kier alpha value is -1.80. The lowest BCUT2D eigenvalue weighted by Crippen LogP contribution is -2.30. The topological polar surface area (TPSA) is 79.4 Å². The molecule has 0 aromatic carbocycles. The fourth-order valence-corrected chi connectivity index (χ4v) is 4.09. The maximum Gasteiger partial charge on any atom is 0.253 e. The van der Waals surface area contributed by atoms with Crippen molar-refractivity contribution in [3.05, 3.63) is 36.7 Å². The van der Waals surface area contributed by atoms with E-state index >= 15 is 0 Å². The smallest absolute Gasteiger partial charge is 0.253 e. The monoisotopic (exact) mass is 379 g/mol. The van der Waals surface area contributed by atoms with Crippen LogP contribution in [0.1, 0.15) is 25.7 Å². The molecule has 0 saturated carbocycles. The number of hydrogen-bond donors (Lipinski definition) is 1. The van der Waals surface area contributed by atoms with E-state index in [1.807, 2.05) is 12.1 Å². The Balaban J connectivity index is 1.43. The molecule has 0 fully saturated rings. The summed E-state index contributed by atoms with van der Waals surface area (Å²) in [6.07, 6.45) is 8.88. The van der Waals surface area contributed by atoms with Crippen molar-refractivity contribution >= 4 is 39.3 Å². The summed E-state index contributed by atoms with van der Waals surface area (Å²) >= 11 is 0. The van der Waals surface area contributed by atoms with Gasteiger partial charge in [-0.25, -0.2) is 0 Å². The van der Waals surface area contributed by atoms with Crippen molar-refractivity contribution in [1.82, 2.24) is 15.2 Å². The number of pyridine rings is 1. The molecular weight excluding hydrogens is 358 g/mol. The first-order chi connectivity index (χ1) is 12.2.